The molecule has 0 aliphatic carbocycles. The van der Waals surface area contributed by atoms with Gasteiger partial charge in [-0.2, -0.15) is 0 Å². The van der Waals surface area contributed by atoms with Crippen LogP contribution < -0.4 is 0 Å². The summed E-state index contributed by atoms with van der Waals surface area (Å²) in [6.45, 7) is 2.11. The Kier molecular flexibility index (Phi) is 5.46. The van der Waals surface area contributed by atoms with Gasteiger partial charge in [0.05, 0.1) is 11.4 Å². The van der Waals surface area contributed by atoms with Crippen molar-refractivity contribution in [3.05, 3.63) is 127 Å². The molecule has 0 aliphatic heterocycles. The van der Waals surface area contributed by atoms with Crippen molar-refractivity contribution in [3.63, 3.8) is 0 Å². The Morgan fingerprint density at radius 3 is 2.03 bits per heavy atom. The van der Waals surface area contributed by atoms with E-state index in [-0.39, 0.29) is 0 Å². The molecule has 3 aromatic carbocycles. The molecule has 0 bridgehead atoms. The van der Waals surface area contributed by atoms with E-state index in [1.165, 1.54) is 5.56 Å². The lowest BCUT2D eigenvalue weighted by Crippen LogP contribution is -2.00. The number of aromatic nitrogens is 2. The van der Waals surface area contributed by atoms with Crippen LogP contribution in [0.25, 0.3) is 28.2 Å². The second-order valence-corrected chi connectivity index (χ2v) is 7.68. The Morgan fingerprint density at radius 2 is 1.38 bits per heavy atom. The summed E-state index contributed by atoms with van der Waals surface area (Å²) in [7, 11) is 0. The Balaban J connectivity index is 1.78. The Hall–Kier alpha value is -4.24. The predicted octanol–water partition coefficient (Wildman–Crippen LogP) is 7.27. The van der Waals surface area contributed by atoms with Crippen LogP contribution in [-0.4, -0.2) is 15.8 Å². The van der Waals surface area contributed by atoms with E-state index in [0.29, 0.717) is 5.82 Å². The molecule has 0 fully saturated rings. The summed E-state index contributed by atoms with van der Waals surface area (Å²) in [5.41, 5.74) is 7.91. The Labute approximate surface area is 188 Å². The van der Waals surface area contributed by atoms with Gasteiger partial charge < -0.3 is 4.57 Å². The second kappa shape index (κ2) is 8.86. The molecule has 5 rings (SSSR count). The molecule has 0 amide bonds. The van der Waals surface area contributed by atoms with Gasteiger partial charge in [0.2, 0.25) is 0 Å². The van der Waals surface area contributed by atoms with Crippen LogP contribution in [0.15, 0.2) is 120 Å². The molecular formula is C29H23N3. The van der Waals surface area contributed by atoms with E-state index >= 15 is 0 Å². The normalized spacial score (nSPS) is 11.2. The number of pyridine rings is 1. The summed E-state index contributed by atoms with van der Waals surface area (Å²) in [6, 6.07) is 37.6. The monoisotopic (exact) mass is 413 g/mol. The van der Waals surface area contributed by atoms with Gasteiger partial charge >= 0.3 is 0 Å². The van der Waals surface area contributed by atoms with Crippen molar-refractivity contribution in [1.82, 2.24) is 9.55 Å². The predicted molar refractivity (Wildman–Crippen MR) is 133 cm³/mol. The van der Waals surface area contributed by atoms with Crippen molar-refractivity contribution in [2.75, 3.05) is 0 Å². The van der Waals surface area contributed by atoms with Crippen molar-refractivity contribution >= 4 is 12.0 Å². The molecule has 2 aromatic heterocycles. The minimum Gasteiger partial charge on any atom is -0.309 e. The molecule has 0 spiro atoms. The highest BCUT2D eigenvalue weighted by atomic mass is 15.0. The van der Waals surface area contributed by atoms with Crippen molar-refractivity contribution in [1.29, 1.82) is 0 Å². The first-order valence-electron chi connectivity index (χ1n) is 10.7. The average Bonchev–Trinajstić information content (AvgIpc) is 3.24. The van der Waals surface area contributed by atoms with Crippen LogP contribution >= 0.6 is 0 Å². The smallest absolute Gasteiger partial charge is 0.151 e. The van der Waals surface area contributed by atoms with Crippen molar-refractivity contribution in [2.45, 2.75) is 6.92 Å². The molecule has 0 N–H and O–H groups in total. The highest BCUT2D eigenvalue weighted by molar-refractivity contribution is 5.94. The molecule has 0 saturated heterocycles. The number of rotatable bonds is 5. The highest BCUT2D eigenvalue weighted by Crippen LogP contribution is 2.35. The third-order valence-corrected chi connectivity index (χ3v) is 5.42. The molecule has 154 valence electrons. The van der Waals surface area contributed by atoms with E-state index in [1.807, 2.05) is 36.5 Å². The summed E-state index contributed by atoms with van der Waals surface area (Å²) in [6.07, 6.45) is 3.68. The van der Waals surface area contributed by atoms with Crippen molar-refractivity contribution in [3.8, 4) is 28.2 Å². The molecular weight excluding hydrogens is 390 g/mol. The fourth-order valence-corrected chi connectivity index (χ4v) is 3.87. The van der Waals surface area contributed by atoms with E-state index in [2.05, 4.69) is 100 Å². The van der Waals surface area contributed by atoms with Gasteiger partial charge in [-0.15, -0.1) is 0 Å². The molecule has 3 heteroatoms. The van der Waals surface area contributed by atoms with Gasteiger partial charge in [0.15, 0.2) is 5.82 Å². The van der Waals surface area contributed by atoms with Crippen LogP contribution in [0.3, 0.4) is 0 Å². The molecule has 0 saturated carbocycles. The van der Waals surface area contributed by atoms with Gasteiger partial charge in [0, 0.05) is 23.7 Å². The van der Waals surface area contributed by atoms with Gasteiger partial charge in [-0.3, -0.25) is 0 Å². The zero-order valence-electron chi connectivity index (χ0n) is 17.9. The van der Waals surface area contributed by atoms with Crippen LogP contribution in [0, 0.1) is 6.92 Å². The maximum absolute atomic E-state index is 4.67. The number of aryl methyl sites for hydroxylation is 1. The summed E-state index contributed by atoms with van der Waals surface area (Å²) in [5, 5.41) is 0. The molecule has 2 heterocycles. The summed E-state index contributed by atoms with van der Waals surface area (Å²) < 4.78 is 2.32. The van der Waals surface area contributed by atoms with Gasteiger partial charge in [0.25, 0.3) is 0 Å². The lowest BCUT2D eigenvalue weighted by atomic mass is 10.1. The zero-order valence-corrected chi connectivity index (χ0v) is 17.9. The fraction of sp³-hybridized carbons (Fsp3) is 0.0345. The van der Waals surface area contributed by atoms with Crippen LogP contribution in [0.5, 0.6) is 0 Å². The average molecular weight is 414 g/mol. The minimum atomic E-state index is 0.691. The largest absolute Gasteiger partial charge is 0.309 e. The first-order chi connectivity index (χ1) is 15.8. The second-order valence-electron chi connectivity index (χ2n) is 7.68. The highest BCUT2D eigenvalue weighted by Gasteiger charge is 2.18. The first-order valence-corrected chi connectivity index (χ1v) is 10.7. The number of nitrogens with zero attached hydrogens (tertiary/aromatic N) is 3. The van der Waals surface area contributed by atoms with E-state index in [9.17, 15) is 0 Å². The molecule has 0 atom stereocenters. The van der Waals surface area contributed by atoms with E-state index in [0.717, 1.165) is 33.8 Å². The number of aliphatic imine (C=N–C) groups is 1. The van der Waals surface area contributed by atoms with Crippen LogP contribution in [0.4, 0.5) is 5.82 Å². The van der Waals surface area contributed by atoms with Crippen molar-refractivity contribution in [2.24, 2.45) is 4.99 Å². The lowest BCUT2D eigenvalue weighted by Gasteiger charge is -2.15. The van der Waals surface area contributed by atoms with Gasteiger partial charge in [-0.25, -0.2) is 9.98 Å². The summed E-state index contributed by atoms with van der Waals surface area (Å²) in [5.74, 6) is 0.691. The van der Waals surface area contributed by atoms with E-state index in [4.69, 9.17) is 0 Å². The number of benzene rings is 3. The first kappa shape index (κ1) is 19.7. The maximum Gasteiger partial charge on any atom is 0.151 e. The molecule has 32 heavy (non-hydrogen) atoms. The fourth-order valence-electron chi connectivity index (χ4n) is 3.87. The molecule has 0 radical (unpaired) electrons. The maximum atomic E-state index is 4.67. The van der Waals surface area contributed by atoms with E-state index in [1.54, 1.807) is 6.20 Å². The molecule has 3 nitrogen and oxygen atoms in total. The number of hydrogen-bond donors (Lipinski definition) is 0. The lowest BCUT2D eigenvalue weighted by molar-refractivity contribution is 1.09. The quantitative estimate of drug-likeness (QED) is 0.279. The zero-order chi connectivity index (χ0) is 21.8. The summed E-state index contributed by atoms with van der Waals surface area (Å²) in [4.78, 5) is 9.02. The van der Waals surface area contributed by atoms with E-state index < -0.39 is 0 Å². The van der Waals surface area contributed by atoms with Gasteiger partial charge in [0.1, 0.15) is 0 Å². The van der Waals surface area contributed by atoms with Crippen LogP contribution in [0.2, 0.25) is 0 Å². The topological polar surface area (TPSA) is 30.2 Å². The van der Waals surface area contributed by atoms with Crippen LogP contribution in [-0.2, 0) is 0 Å². The Morgan fingerprint density at radius 1 is 0.719 bits per heavy atom. The standard InChI is InChI=1S/C29H23N3/c1-22-15-17-26(18-16-22)32-27(23-10-4-2-5-11-23)20-25(21-31-28-14-8-9-19-30-28)29(32)24-12-6-3-7-13-24/h2-21H,1H3. The Bertz CT molecular complexity index is 1330. The minimum absolute atomic E-state index is 0.691. The molecule has 0 unspecified atom stereocenters. The van der Waals surface area contributed by atoms with Crippen LogP contribution in [0.1, 0.15) is 11.1 Å². The third kappa shape index (κ3) is 4.01. The SMILES string of the molecule is Cc1ccc(-n2c(-c3ccccc3)cc(C=Nc3ccccn3)c2-c2ccccc2)cc1. The van der Waals surface area contributed by atoms with Crippen molar-refractivity contribution < 1.29 is 0 Å². The molecule has 0 aliphatic rings. The van der Waals surface area contributed by atoms with Gasteiger partial charge in [-0.05, 0) is 48.4 Å². The number of hydrogen-bond acceptors (Lipinski definition) is 2. The van der Waals surface area contributed by atoms with Gasteiger partial charge in [-0.1, -0.05) is 84.4 Å². The summed E-state index contributed by atoms with van der Waals surface area (Å²) >= 11 is 0. The third-order valence-electron chi connectivity index (χ3n) is 5.42. The molecule has 5 aromatic rings.